The van der Waals surface area contributed by atoms with Crippen molar-refractivity contribution >= 4 is 26.7 Å². The van der Waals surface area contributed by atoms with Gasteiger partial charge in [0.1, 0.15) is 0 Å². The van der Waals surface area contributed by atoms with Gasteiger partial charge in [0.25, 0.3) is 0 Å². The molecule has 0 aliphatic heterocycles. The molecule has 0 spiro atoms. The topological polar surface area (TPSA) is 61.0 Å². The first kappa shape index (κ1) is 11.9. The third-order valence-corrected chi connectivity index (χ3v) is 3.61. The molecule has 5 heteroatoms. The van der Waals surface area contributed by atoms with E-state index in [1.165, 1.54) is 11.3 Å². The Morgan fingerprint density at radius 1 is 1.21 bits per heavy atom. The highest BCUT2D eigenvalue weighted by Gasteiger charge is 2.05. The molecule has 0 fully saturated rings. The van der Waals surface area contributed by atoms with Crippen LogP contribution in [0.15, 0.2) is 36.5 Å². The van der Waals surface area contributed by atoms with Crippen molar-refractivity contribution in [2.75, 3.05) is 12.3 Å². The first-order valence-electron chi connectivity index (χ1n) is 6.01. The molecule has 0 aliphatic rings. The van der Waals surface area contributed by atoms with Crippen LogP contribution in [0.25, 0.3) is 21.3 Å². The Bertz CT molecular complexity index is 724. The van der Waals surface area contributed by atoms with Crippen LogP contribution in [0.1, 0.15) is 6.92 Å². The maximum Gasteiger partial charge on any atom is 0.213 e. The van der Waals surface area contributed by atoms with Crippen LogP contribution in [0.4, 0.5) is 5.13 Å². The van der Waals surface area contributed by atoms with Crippen molar-refractivity contribution in [2.24, 2.45) is 0 Å². The summed E-state index contributed by atoms with van der Waals surface area (Å²) in [6.07, 6.45) is 1.76. The van der Waals surface area contributed by atoms with Crippen molar-refractivity contribution in [2.45, 2.75) is 6.92 Å². The van der Waals surface area contributed by atoms with Gasteiger partial charge in [0, 0.05) is 12.3 Å². The average Bonchev–Trinajstić information content (AvgIpc) is 2.78. The van der Waals surface area contributed by atoms with Crippen LogP contribution in [0.3, 0.4) is 0 Å². The van der Waals surface area contributed by atoms with Crippen molar-refractivity contribution in [3.05, 3.63) is 36.5 Å². The van der Waals surface area contributed by atoms with Gasteiger partial charge in [-0.25, -0.2) is 9.97 Å². The fraction of sp³-hybridized carbons (Fsp3) is 0.143. The van der Waals surface area contributed by atoms with Gasteiger partial charge in [-0.3, -0.25) is 0 Å². The van der Waals surface area contributed by atoms with Crippen molar-refractivity contribution in [3.8, 4) is 17.0 Å². The lowest BCUT2D eigenvalue weighted by Gasteiger charge is -2.05. The molecule has 0 saturated carbocycles. The number of ether oxygens (including phenoxy) is 1. The third-order valence-electron chi connectivity index (χ3n) is 2.77. The number of benzene rings is 1. The zero-order valence-corrected chi connectivity index (χ0v) is 11.3. The minimum atomic E-state index is 0.594. The Morgan fingerprint density at radius 3 is 2.89 bits per heavy atom. The van der Waals surface area contributed by atoms with Gasteiger partial charge in [0.15, 0.2) is 5.13 Å². The third kappa shape index (κ3) is 2.37. The van der Waals surface area contributed by atoms with Crippen LogP contribution in [-0.2, 0) is 0 Å². The number of fused-ring (bicyclic) bond motifs is 1. The number of nitrogens with zero attached hydrogens (tertiary/aromatic N) is 2. The van der Waals surface area contributed by atoms with Crippen molar-refractivity contribution in [3.63, 3.8) is 0 Å². The number of rotatable bonds is 3. The number of aromatic nitrogens is 2. The van der Waals surface area contributed by atoms with E-state index in [4.69, 9.17) is 10.5 Å². The summed E-state index contributed by atoms with van der Waals surface area (Å²) in [6, 6.07) is 10.0. The molecule has 0 unspecified atom stereocenters. The number of hydrogen-bond donors (Lipinski definition) is 1. The van der Waals surface area contributed by atoms with Crippen LogP contribution < -0.4 is 10.5 Å². The first-order chi connectivity index (χ1) is 9.26. The van der Waals surface area contributed by atoms with E-state index in [9.17, 15) is 0 Å². The van der Waals surface area contributed by atoms with Crippen LogP contribution in [0, 0.1) is 0 Å². The zero-order chi connectivity index (χ0) is 13.2. The number of nitrogen functional groups attached to an aromatic ring is 1. The van der Waals surface area contributed by atoms with E-state index in [2.05, 4.69) is 16.0 Å². The fourth-order valence-corrected chi connectivity index (χ4v) is 2.71. The van der Waals surface area contributed by atoms with Gasteiger partial charge in [-0.15, -0.1) is 0 Å². The highest BCUT2D eigenvalue weighted by atomic mass is 32.1. The van der Waals surface area contributed by atoms with E-state index in [-0.39, 0.29) is 0 Å². The highest BCUT2D eigenvalue weighted by Crippen LogP contribution is 2.29. The Labute approximate surface area is 114 Å². The number of thiazole rings is 1. The summed E-state index contributed by atoms with van der Waals surface area (Å²) < 4.78 is 6.51. The smallest absolute Gasteiger partial charge is 0.213 e. The minimum Gasteiger partial charge on any atom is -0.478 e. The first-order valence-corrected chi connectivity index (χ1v) is 6.83. The molecule has 2 N–H and O–H groups in total. The van der Waals surface area contributed by atoms with Gasteiger partial charge in [-0.2, -0.15) is 0 Å². The normalized spacial score (nSPS) is 10.8. The van der Waals surface area contributed by atoms with Gasteiger partial charge in [0.05, 0.1) is 16.8 Å². The SMILES string of the molecule is CCOc1cc(-c2ccc3nc(N)sc3c2)ccn1. The highest BCUT2D eigenvalue weighted by molar-refractivity contribution is 7.22. The molecule has 0 aliphatic carbocycles. The van der Waals surface area contributed by atoms with Crippen molar-refractivity contribution in [1.82, 2.24) is 9.97 Å². The molecule has 0 saturated heterocycles. The lowest BCUT2D eigenvalue weighted by molar-refractivity contribution is 0.327. The van der Waals surface area contributed by atoms with Crippen LogP contribution >= 0.6 is 11.3 Å². The van der Waals surface area contributed by atoms with Crippen LogP contribution in [-0.4, -0.2) is 16.6 Å². The number of hydrogen-bond acceptors (Lipinski definition) is 5. The van der Waals surface area contributed by atoms with E-state index >= 15 is 0 Å². The molecule has 3 aromatic rings. The molecule has 2 aromatic heterocycles. The predicted octanol–water partition coefficient (Wildman–Crippen LogP) is 3.34. The Balaban J connectivity index is 2.05. The molecule has 3 rings (SSSR count). The van der Waals surface area contributed by atoms with E-state index in [0.29, 0.717) is 17.6 Å². The van der Waals surface area contributed by atoms with E-state index in [1.807, 2.05) is 31.2 Å². The van der Waals surface area contributed by atoms with E-state index in [1.54, 1.807) is 6.20 Å². The van der Waals surface area contributed by atoms with Gasteiger partial charge in [-0.05, 0) is 36.2 Å². The number of pyridine rings is 1. The summed E-state index contributed by atoms with van der Waals surface area (Å²) in [5.41, 5.74) is 8.84. The second kappa shape index (κ2) is 4.85. The lowest BCUT2D eigenvalue weighted by atomic mass is 10.1. The quantitative estimate of drug-likeness (QED) is 0.793. The Morgan fingerprint density at radius 2 is 2.05 bits per heavy atom. The summed E-state index contributed by atoms with van der Waals surface area (Å²) >= 11 is 1.50. The standard InChI is InChI=1S/C14H13N3OS/c1-2-18-13-8-10(5-6-16-13)9-3-4-11-12(7-9)19-14(15)17-11/h3-8H,2H2,1H3,(H2,15,17). The maximum atomic E-state index is 5.72. The molecule has 4 nitrogen and oxygen atoms in total. The molecule has 19 heavy (non-hydrogen) atoms. The second-order valence-electron chi connectivity index (χ2n) is 4.05. The molecular formula is C14H13N3OS. The molecule has 2 heterocycles. The van der Waals surface area contributed by atoms with Gasteiger partial charge >= 0.3 is 0 Å². The van der Waals surface area contributed by atoms with Crippen LogP contribution in [0.2, 0.25) is 0 Å². The maximum absolute atomic E-state index is 5.72. The average molecular weight is 271 g/mol. The van der Waals surface area contributed by atoms with Crippen molar-refractivity contribution < 1.29 is 4.74 Å². The van der Waals surface area contributed by atoms with Crippen LogP contribution in [0.5, 0.6) is 5.88 Å². The molecule has 0 radical (unpaired) electrons. The largest absolute Gasteiger partial charge is 0.478 e. The monoisotopic (exact) mass is 271 g/mol. The van der Waals surface area contributed by atoms with Gasteiger partial charge in [0.2, 0.25) is 5.88 Å². The van der Waals surface area contributed by atoms with E-state index < -0.39 is 0 Å². The molecular weight excluding hydrogens is 258 g/mol. The summed E-state index contributed by atoms with van der Waals surface area (Å²) in [5, 5.41) is 0.594. The zero-order valence-electron chi connectivity index (χ0n) is 10.5. The summed E-state index contributed by atoms with van der Waals surface area (Å²) in [6.45, 7) is 2.56. The van der Waals surface area contributed by atoms with Gasteiger partial charge in [-0.1, -0.05) is 17.4 Å². The fourth-order valence-electron chi connectivity index (χ4n) is 1.94. The molecule has 0 atom stereocenters. The van der Waals surface area contributed by atoms with Gasteiger partial charge < -0.3 is 10.5 Å². The molecule has 1 aromatic carbocycles. The molecule has 0 bridgehead atoms. The minimum absolute atomic E-state index is 0.594. The Kier molecular flexibility index (Phi) is 3.05. The van der Waals surface area contributed by atoms with E-state index in [0.717, 1.165) is 21.3 Å². The summed E-state index contributed by atoms with van der Waals surface area (Å²) in [5.74, 6) is 0.643. The number of nitrogens with two attached hydrogens (primary N) is 1. The second-order valence-corrected chi connectivity index (χ2v) is 5.11. The number of anilines is 1. The Hall–Kier alpha value is -2.14. The summed E-state index contributed by atoms with van der Waals surface area (Å²) in [7, 11) is 0. The predicted molar refractivity (Wildman–Crippen MR) is 78.4 cm³/mol. The lowest BCUT2D eigenvalue weighted by Crippen LogP contribution is -1.93. The molecule has 0 amide bonds. The summed E-state index contributed by atoms with van der Waals surface area (Å²) in [4.78, 5) is 8.42. The molecule has 96 valence electrons. The van der Waals surface area contributed by atoms with Crippen molar-refractivity contribution in [1.29, 1.82) is 0 Å².